The lowest BCUT2D eigenvalue weighted by Crippen LogP contribution is -2.16. The molecule has 0 radical (unpaired) electrons. The Labute approximate surface area is 91.1 Å². The third kappa shape index (κ3) is 4.30. The van der Waals surface area contributed by atoms with E-state index in [1.54, 1.807) is 6.07 Å². The number of benzene rings is 1. The van der Waals surface area contributed by atoms with Crippen LogP contribution < -0.4 is 5.32 Å². The molecule has 0 unspecified atom stereocenters. The van der Waals surface area contributed by atoms with Crippen molar-refractivity contribution in [2.75, 3.05) is 32.5 Å². The molecule has 0 saturated heterocycles. The van der Waals surface area contributed by atoms with Crippen molar-refractivity contribution < 1.29 is 4.39 Å². The Morgan fingerprint density at radius 1 is 1.33 bits per heavy atom. The van der Waals surface area contributed by atoms with Crippen LogP contribution in [-0.2, 0) is 0 Å². The molecular weight excluding hydrogens is 191 g/mol. The highest BCUT2D eigenvalue weighted by Gasteiger charge is 2.00. The van der Waals surface area contributed by atoms with Crippen LogP contribution in [0.4, 0.5) is 10.1 Å². The monoisotopic (exact) mass is 210 g/mol. The molecule has 15 heavy (non-hydrogen) atoms. The van der Waals surface area contributed by atoms with E-state index in [0.717, 1.165) is 25.1 Å². The van der Waals surface area contributed by atoms with Crippen molar-refractivity contribution in [2.45, 2.75) is 13.3 Å². The van der Waals surface area contributed by atoms with E-state index in [0.29, 0.717) is 5.69 Å². The van der Waals surface area contributed by atoms with E-state index in [-0.39, 0.29) is 5.82 Å². The zero-order chi connectivity index (χ0) is 11.3. The summed E-state index contributed by atoms with van der Waals surface area (Å²) in [5.41, 5.74) is 1.68. The highest BCUT2D eigenvalue weighted by Crippen LogP contribution is 2.15. The molecule has 0 heterocycles. The van der Waals surface area contributed by atoms with E-state index in [4.69, 9.17) is 0 Å². The van der Waals surface area contributed by atoms with Gasteiger partial charge in [-0.2, -0.15) is 0 Å². The molecule has 0 aromatic heterocycles. The summed E-state index contributed by atoms with van der Waals surface area (Å²) in [5, 5.41) is 3.11. The zero-order valence-electron chi connectivity index (χ0n) is 9.68. The molecule has 1 aromatic carbocycles. The predicted molar refractivity (Wildman–Crippen MR) is 62.8 cm³/mol. The molecule has 1 rings (SSSR count). The molecule has 0 aliphatic rings. The maximum absolute atomic E-state index is 13.3. The number of rotatable bonds is 5. The topological polar surface area (TPSA) is 15.3 Å². The first-order chi connectivity index (χ1) is 7.09. The van der Waals surface area contributed by atoms with Gasteiger partial charge < -0.3 is 10.2 Å². The first-order valence-corrected chi connectivity index (χ1v) is 5.24. The number of nitrogens with one attached hydrogen (secondary N) is 1. The molecule has 84 valence electrons. The van der Waals surface area contributed by atoms with Gasteiger partial charge in [0.2, 0.25) is 0 Å². The third-order valence-corrected chi connectivity index (χ3v) is 2.22. The smallest absolute Gasteiger partial charge is 0.146 e. The lowest BCUT2D eigenvalue weighted by Gasteiger charge is -2.11. The Hall–Kier alpha value is -1.09. The summed E-state index contributed by atoms with van der Waals surface area (Å²) in [6.07, 6.45) is 1.01. The van der Waals surface area contributed by atoms with Gasteiger partial charge in [0.05, 0.1) is 5.69 Å². The molecular formula is C12H19FN2. The molecule has 0 spiro atoms. The summed E-state index contributed by atoms with van der Waals surface area (Å²) >= 11 is 0. The molecule has 0 amide bonds. The number of anilines is 1. The van der Waals surface area contributed by atoms with Gasteiger partial charge in [0.1, 0.15) is 5.82 Å². The first kappa shape index (κ1) is 12.0. The third-order valence-electron chi connectivity index (χ3n) is 2.22. The van der Waals surface area contributed by atoms with Crippen LogP contribution in [0.15, 0.2) is 18.2 Å². The highest BCUT2D eigenvalue weighted by molar-refractivity contribution is 5.46. The van der Waals surface area contributed by atoms with Crippen molar-refractivity contribution in [3.05, 3.63) is 29.6 Å². The highest BCUT2D eigenvalue weighted by atomic mass is 19.1. The summed E-state index contributed by atoms with van der Waals surface area (Å²) in [4.78, 5) is 2.12. The molecule has 3 heteroatoms. The second-order valence-corrected chi connectivity index (χ2v) is 4.07. The second-order valence-electron chi connectivity index (χ2n) is 4.07. The fourth-order valence-corrected chi connectivity index (χ4v) is 1.39. The summed E-state index contributed by atoms with van der Waals surface area (Å²) in [6.45, 7) is 3.78. The molecule has 0 bridgehead atoms. The van der Waals surface area contributed by atoms with Gasteiger partial charge in [0.15, 0.2) is 0 Å². The van der Waals surface area contributed by atoms with E-state index < -0.39 is 0 Å². The normalized spacial score (nSPS) is 10.7. The largest absolute Gasteiger partial charge is 0.383 e. The minimum absolute atomic E-state index is 0.176. The Balaban J connectivity index is 2.40. The van der Waals surface area contributed by atoms with Gasteiger partial charge in [-0.15, -0.1) is 0 Å². The van der Waals surface area contributed by atoms with Crippen LogP contribution in [0, 0.1) is 12.7 Å². The quantitative estimate of drug-likeness (QED) is 0.751. The van der Waals surface area contributed by atoms with Crippen LogP contribution >= 0.6 is 0 Å². The number of hydrogen-bond donors (Lipinski definition) is 1. The van der Waals surface area contributed by atoms with Crippen molar-refractivity contribution >= 4 is 5.69 Å². The summed E-state index contributed by atoms with van der Waals surface area (Å²) in [6, 6.07) is 5.12. The number of halogens is 1. The summed E-state index contributed by atoms with van der Waals surface area (Å²) in [5.74, 6) is -0.176. The lowest BCUT2D eigenvalue weighted by atomic mass is 10.2. The van der Waals surface area contributed by atoms with E-state index in [2.05, 4.69) is 10.2 Å². The van der Waals surface area contributed by atoms with Crippen LogP contribution in [0.1, 0.15) is 12.0 Å². The average molecular weight is 210 g/mol. The Morgan fingerprint density at radius 3 is 2.73 bits per heavy atom. The molecule has 0 saturated carbocycles. The van der Waals surface area contributed by atoms with Crippen LogP contribution in [0.25, 0.3) is 0 Å². The maximum Gasteiger partial charge on any atom is 0.146 e. The fraction of sp³-hybridized carbons (Fsp3) is 0.500. The predicted octanol–water partition coefficient (Wildman–Crippen LogP) is 2.50. The molecule has 0 aliphatic heterocycles. The molecule has 1 N–H and O–H groups in total. The second kappa shape index (κ2) is 5.71. The molecule has 0 atom stereocenters. The van der Waals surface area contributed by atoms with Crippen molar-refractivity contribution in [3.63, 3.8) is 0 Å². The zero-order valence-corrected chi connectivity index (χ0v) is 9.68. The van der Waals surface area contributed by atoms with E-state index in [1.807, 2.05) is 27.1 Å². The van der Waals surface area contributed by atoms with Gasteiger partial charge in [0, 0.05) is 6.54 Å². The van der Waals surface area contributed by atoms with Crippen molar-refractivity contribution in [2.24, 2.45) is 0 Å². The summed E-state index contributed by atoms with van der Waals surface area (Å²) < 4.78 is 13.3. The maximum atomic E-state index is 13.3. The Morgan fingerprint density at radius 2 is 2.07 bits per heavy atom. The SMILES string of the molecule is Cc1ccc(F)c(NCCCN(C)C)c1. The van der Waals surface area contributed by atoms with Gasteiger partial charge in [-0.05, 0) is 51.7 Å². The van der Waals surface area contributed by atoms with Crippen LogP contribution in [0.2, 0.25) is 0 Å². The van der Waals surface area contributed by atoms with Crippen LogP contribution in [0.3, 0.4) is 0 Å². The average Bonchev–Trinajstić information content (AvgIpc) is 2.17. The van der Waals surface area contributed by atoms with E-state index >= 15 is 0 Å². The molecule has 1 aromatic rings. The van der Waals surface area contributed by atoms with Gasteiger partial charge >= 0.3 is 0 Å². The number of hydrogen-bond acceptors (Lipinski definition) is 2. The molecule has 0 fully saturated rings. The van der Waals surface area contributed by atoms with Crippen molar-refractivity contribution in [3.8, 4) is 0 Å². The van der Waals surface area contributed by atoms with Gasteiger partial charge in [-0.1, -0.05) is 6.07 Å². The van der Waals surface area contributed by atoms with Crippen molar-refractivity contribution in [1.82, 2.24) is 4.90 Å². The fourth-order valence-electron chi connectivity index (χ4n) is 1.39. The molecule has 2 nitrogen and oxygen atoms in total. The minimum atomic E-state index is -0.176. The van der Waals surface area contributed by atoms with Crippen LogP contribution in [0.5, 0.6) is 0 Å². The van der Waals surface area contributed by atoms with Crippen LogP contribution in [-0.4, -0.2) is 32.1 Å². The Kier molecular flexibility index (Phi) is 4.56. The molecule has 0 aliphatic carbocycles. The number of nitrogens with zero attached hydrogens (tertiary/aromatic N) is 1. The standard InChI is InChI=1S/C12H19FN2/c1-10-5-6-11(13)12(9-10)14-7-4-8-15(2)3/h5-6,9,14H,4,7-8H2,1-3H3. The summed E-state index contributed by atoms with van der Waals surface area (Å²) in [7, 11) is 4.07. The van der Waals surface area contributed by atoms with E-state index in [1.165, 1.54) is 6.07 Å². The first-order valence-electron chi connectivity index (χ1n) is 5.24. The van der Waals surface area contributed by atoms with Gasteiger partial charge in [0.25, 0.3) is 0 Å². The van der Waals surface area contributed by atoms with Gasteiger partial charge in [-0.3, -0.25) is 0 Å². The lowest BCUT2D eigenvalue weighted by molar-refractivity contribution is 0.405. The van der Waals surface area contributed by atoms with Gasteiger partial charge in [-0.25, -0.2) is 4.39 Å². The van der Waals surface area contributed by atoms with E-state index in [9.17, 15) is 4.39 Å². The minimum Gasteiger partial charge on any atom is -0.383 e. The van der Waals surface area contributed by atoms with Crippen molar-refractivity contribution in [1.29, 1.82) is 0 Å². The number of aryl methyl sites for hydroxylation is 1. The Bertz CT molecular complexity index is 310.